The first-order valence-corrected chi connectivity index (χ1v) is 10.8. The molecular formula is C25H15Cl3N2O3. The zero-order chi connectivity index (χ0) is 23.5. The Balaban J connectivity index is 1.63. The molecule has 0 bridgehead atoms. The number of hydrogen-bond donors (Lipinski definition) is 1. The molecular weight excluding hydrogens is 483 g/mol. The van der Waals surface area contributed by atoms with Crippen LogP contribution in [0.3, 0.4) is 0 Å². The second-order valence-corrected chi connectivity index (χ2v) is 8.32. The number of fused-ring (bicyclic) bond motifs is 1. The minimum absolute atomic E-state index is 0.0721. The third-order valence-electron chi connectivity index (χ3n) is 4.98. The third-order valence-corrected chi connectivity index (χ3v) is 5.89. The molecule has 1 unspecified atom stereocenters. The first-order valence-electron chi connectivity index (χ1n) is 9.68. The van der Waals surface area contributed by atoms with E-state index in [2.05, 4.69) is 6.07 Å². The minimum atomic E-state index is -0.630. The summed E-state index contributed by atoms with van der Waals surface area (Å²) in [5, 5.41) is 11.1. The number of rotatable bonds is 4. The van der Waals surface area contributed by atoms with Gasteiger partial charge in [0.15, 0.2) is 0 Å². The molecule has 1 atom stereocenters. The van der Waals surface area contributed by atoms with E-state index in [1.54, 1.807) is 60.7 Å². The maximum absolute atomic E-state index is 12.3. The Hall–Kier alpha value is -3.43. The van der Waals surface area contributed by atoms with E-state index in [1.807, 2.05) is 0 Å². The zero-order valence-corrected chi connectivity index (χ0v) is 19.2. The van der Waals surface area contributed by atoms with E-state index in [0.29, 0.717) is 31.9 Å². The average Bonchev–Trinajstić information content (AvgIpc) is 2.78. The second-order valence-electron chi connectivity index (χ2n) is 7.07. The Morgan fingerprint density at radius 2 is 1.76 bits per heavy atom. The summed E-state index contributed by atoms with van der Waals surface area (Å²) in [7, 11) is 0. The van der Waals surface area contributed by atoms with E-state index in [9.17, 15) is 10.1 Å². The number of esters is 1. The maximum atomic E-state index is 12.3. The Labute approximate surface area is 205 Å². The summed E-state index contributed by atoms with van der Waals surface area (Å²) in [4.78, 5) is 12.3. The van der Waals surface area contributed by atoms with Crippen LogP contribution in [0, 0.1) is 11.3 Å². The van der Waals surface area contributed by atoms with Crippen molar-refractivity contribution in [3.05, 3.63) is 110 Å². The van der Waals surface area contributed by atoms with E-state index in [4.69, 9.17) is 50.0 Å². The smallest absolute Gasteiger partial charge is 0.336 e. The molecule has 1 heterocycles. The predicted octanol–water partition coefficient (Wildman–Crippen LogP) is 6.48. The molecule has 0 aromatic heterocycles. The summed E-state index contributed by atoms with van der Waals surface area (Å²) in [6, 6.07) is 19.0. The number of carbonyl (C=O) groups excluding carboxylic acids is 1. The molecule has 164 valence electrons. The first-order chi connectivity index (χ1) is 15.9. The lowest BCUT2D eigenvalue weighted by Crippen LogP contribution is -2.21. The average molecular weight is 498 g/mol. The van der Waals surface area contributed by atoms with Gasteiger partial charge < -0.3 is 15.2 Å². The van der Waals surface area contributed by atoms with Gasteiger partial charge in [-0.2, -0.15) is 5.26 Å². The van der Waals surface area contributed by atoms with Crippen LogP contribution in [0.4, 0.5) is 0 Å². The van der Waals surface area contributed by atoms with E-state index in [0.717, 1.165) is 5.56 Å². The first kappa shape index (κ1) is 22.8. The normalized spacial score (nSPS) is 15.0. The number of nitrogens with two attached hydrogens (primary N) is 1. The molecule has 2 N–H and O–H groups in total. The van der Waals surface area contributed by atoms with Crippen LogP contribution in [0.15, 0.2) is 78.2 Å². The lowest BCUT2D eigenvalue weighted by Gasteiger charge is -2.27. The highest BCUT2D eigenvalue weighted by Crippen LogP contribution is 2.47. The van der Waals surface area contributed by atoms with Crippen molar-refractivity contribution in [3.63, 3.8) is 0 Å². The fraction of sp³-hybridized carbons (Fsp3) is 0.0400. The number of nitriles is 1. The van der Waals surface area contributed by atoms with E-state index in [1.165, 1.54) is 12.1 Å². The number of halogens is 3. The van der Waals surface area contributed by atoms with Gasteiger partial charge in [0, 0.05) is 38.3 Å². The molecule has 5 nitrogen and oxygen atoms in total. The summed E-state index contributed by atoms with van der Waals surface area (Å²) in [6.07, 6.45) is 2.92. The van der Waals surface area contributed by atoms with Crippen LogP contribution in [0.25, 0.3) is 6.08 Å². The molecule has 1 aliphatic rings. The van der Waals surface area contributed by atoms with Gasteiger partial charge >= 0.3 is 5.97 Å². The zero-order valence-electron chi connectivity index (χ0n) is 16.9. The van der Waals surface area contributed by atoms with Crippen molar-refractivity contribution in [2.24, 2.45) is 5.73 Å². The van der Waals surface area contributed by atoms with Crippen LogP contribution in [0.1, 0.15) is 22.6 Å². The van der Waals surface area contributed by atoms with Crippen molar-refractivity contribution in [3.8, 4) is 17.6 Å². The van der Waals surface area contributed by atoms with Gasteiger partial charge in [0.1, 0.15) is 23.1 Å². The SMILES string of the molecule is N#CC1=C(N)Oc2cc(OC(=O)/C=C/c3ccc(Cl)cc3)ccc2C1c1c(Cl)cccc1Cl. The van der Waals surface area contributed by atoms with Gasteiger partial charge in [0.2, 0.25) is 5.88 Å². The van der Waals surface area contributed by atoms with E-state index < -0.39 is 11.9 Å². The fourth-order valence-electron chi connectivity index (χ4n) is 3.47. The summed E-state index contributed by atoms with van der Waals surface area (Å²) < 4.78 is 11.1. The summed E-state index contributed by atoms with van der Waals surface area (Å²) in [5.74, 6) is -0.699. The second kappa shape index (κ2) is 9.60. The topological polar surface area (TPSA) is 85.3 Å². The highest BCUT2D eigenvalue weighted by atomic mass is 35.5. The number of allylic oxidation sites excluding steroid dienone is 1. The van der Waals surface area contributed by atoms with Crippen LogP contribution in [-0.4, -0.2) is 5.97 Å². The van der Waals surface area contributed by atoms with Gasteiger partial charge in [-0.3, -0.25) is 0 Å². The highest BCUT2D eigenvalue weighted by molar-refractivity contribution is 6.36. The molecule has 0 saturated heterocycles. The molecule has 0 radical (unpaired) electrons. The van der Waals surface area contributed by atoms with Gasteiger partial charge in [-0.25, -0.2) is 4.79 Å². The molecule has 0 fully saturated rings. The molecule has 0 amide bonds. The Bertz CT molecular complexity index is 1320. The van der Waals surface area contributed by atoms with E-state index in [-0.39, 0.29) is 17.2 Å². The molecule has 0 spiro atoms. The molecule has 4 rings (SSSR count). The van der Waals surface area contributed by atoms with Gasteiger partial charge in [-0.05, 0) is 42.0 Å². The van der Waals surface area contributed by atoms with Gasteiger partial charge in [0.05, 0.1) is 5.92 Å². The van der Waals surface area contributed by atoms with Crippen LogP contribution >= 0.6 is 34.8 Å². The van der Waals surface area contributed by atoms with Crippen LogP contribution < -0.4 is 15.2 Å². The molecule has 8 heteroatoms. The molecule has 3 aromatic carbocycles. The summed E-state index contributed by atoms with van der Waals surface area (Å²) >= 11 is 18.7. The number of benzene rings is 3. The minimum Gasteiger partial charge on any atom is -0.440 e. The number of hydrogen-bond acceptors (Lipinski definition) is 5. The van der Waals surface area contributed by atoms with Crippen LogP contribution in [0.2, 0.25) is 15.1 Å². The third kappa shape index (κ3) is 4.84. The van der Waals surface area contributed by atoms with Crippen molar-refractivity contribution in [1.29, 1.82) is 5.26 Å². The monoisotopic (exact) mass is 496 g/mol. The van der Waals surface area contributed by atoms with Crippen molar-refractivity contribution in [1.82, 2.24) is 0 Å². The lowest BCUT2D eigenvalue weighted by atomic mass is 9.83. The molecule has 0 aliphatic carbocycles. The highest BCUT2D eigenvalue weighted by Gasteiger charge is 2.33. The molecule has 3 aromatic rings. The van der Waals surface area contributed by atoms with Crippen molar-refractivity contribution >= 4 is 46.8 Å². The van der Waals surface area contributed by atoms with Crippen molar-refractivity contribution < 1.29 is 14.3 Å². The number of carbonyl (C=O) groups is 1. The number of nitrogens with zero attached hydrogens (tertiary/aromatic N) is 1. The predicted molar refractivity (Wildman–Crippen MR) is 128 cm³/mol. The largest absolute Gasteiger partial charge is 0.440 e. The van der Waals surface area contributed by atoms with Gasteiger partial charge in [-0.15, -0.1) is 0 Å². The molecule has 33 heavy (non-hydrogen) atoms. The Morgan fingerprint density at radius 1 is 1.06 bits per heavy atom. The molecule has 1 aliphatic heterocycles. The summed E-state index contributed by atoms with van der Waals surface area (Å²) in [6.45, 7) is 0. The van der Waals surface area contributed by atoms with Crippen molar-refractivity contribution in [2.75, 3.05) is 0 Å². The fourth-order valence-corrected chi connectivity index (χ4v) is 4.21. The lowest BCUT2D eigenvalue weighted by molar-refractivity contribution is -0.128. The van der Waals surface area contributed by atoms with Crippen LogP contribution in [0.5, 0.6) is 11.5 Å². The standard InChI is InChI=1S/C25H15Cl3N2O3/c26-15-7-4-14(5-8-15)6-11-22(31)32-16-9-10-17-21(12-16)33-25(30)18(13-29)23(17)24-19(27)2-1-3-20(24)28/h1-12,23H,30H2/b11-6+. The Kier molecular flexibility index (Phi) is 6.62. The van der Waals surface area contributed by atoms with Crippen LogP contribution in [-0.2, 0) is 4.79 Å². The van der Waals surface area contributed by atoms with Crippen molar-refractivity contribution in [2.45, 2.75) is 5.92 Å². The van der Waals surface area contributed by atoms with Gasteiger partial charge in [-0.1, -0.05) is 59.1 Å². The molecule has 0 saturated carbocycles. The maximum Gasteiger partial charge on any atom is 0.336 e. The number of ether oxygens (including phenoxy) is 2. The quantitative estimate of drug-likeness (QED) is 0.253. The summed E-state index contributed by atoms with van der Waals surface area (Å²) in [5.41, 5.74) is 8.17. The van der Waals surface area contributed by atoms with Gasteiger partial charge in [0.25, 0.3) is 0 Å². The van der Waals surface area contributed by atoms with E-state index >= 15 is 0 Å². The Morgan fingerprint density at radius 3 is 2.42 bits per heavy atom.